The topological polar surface area (TPSA) is 67.5 Å². The van der Waals surface area contributed by atoms with Gasteiger partial charge in [-0.25, -0.2) is 22.6 Å². The van der Waals surface area contributed by atoms with Gasteiger partial charge in [0.2, 0.25) is 0 Å². The molecular weight excluding hydrogens is 254 g/mol. The molecule has 1 unspecified atom stereocenters. The van der Waals surface area contributed by atoms with Gasteiger partial charge in [0.05, 0.1) is 17.0 Å². The highest BCUT2D eigenvalue weighted by atomic mass is 19.2. The molecule has 0 bridgehead atoms. The van der Waals surface area contributed by atoms with Crippen molar-refractivity contribution in [2.45, 2.75) is 13.1 Å². The van der Waals surface area contributed by atoms with E-state index in [4.69, 9.17) is 5.73 Å². The average Bonchev–Trinajstić information content (AvgIpc) is 2.59. The molecule has 1 aromatic rings. The lowest BCUT2D eigenvalue weighted by Crippen LogP contribution is -2.20. The molecule has 0 fully saturated rings. The van der Waals surface area contributed by atoms with Crippen molar-refractivity contribution in [2.75, 3.05) is 0 Å². The maximum absolute atomic E-state index is 13.5. The van der Waals surface area contributed by atoms with Crippen LogP contribution in [0, 0.1) is 23.3 Å². The predicted molar refractivity (Wildman–Crippen MR) is 53.8 cm³/mol. The Morgan fingerprint density at radius 3 is 2.28 bits per heavy atom. The molecule has 0 radical (unpaired) electrons. The van der Waals surface area contributed by atoms with Gasteiger partial charge in [0.1, 0.15) is 0 Å². The molecule has 1 aromatic carbocycles. The number of carbonyl (C=O) groups excluding carboxylic acids is 1. The summed E-state index contributed by atoms with van der Waals surface area (Å²) >= 11 is 0. The molecule has 4 nitrogen and oxygen atoms in total. The lowest BCUT2D eigenvalue weighted by atomic mass is 10.1. The zero-order valence-corrected chi connectivity index (χ0v) is 9.02. The van der Waals surface area contributed by atoms with Crippen molar-refractivity contribution >= 4 is 11.7 Å². The Morgan fingerprint density at radius 2 is 1.72 bits per heavy atom. The van der Waals surface area contributed by atoms with Crippen molar-refractivity contribution in [3.8, 4) is 0 Å². The van der Waals surface area contributed by atoms with Crippen molar-refractivity contribution in [1.82, 2.24) is 5.32 Å². The van der Waals surface area contributed by atoms with Gasteiger partial charge in [0, 0.05) is 0 Å². The third-order valence-electron chi connectivity index (χ3n) is 2.40. The number of carbonyl (C=O) groups is 1. The minimum atomic E-state index is -2.03. The van der Waals surface area contributed by atoms with Crippen molar-refractivity contribution in [2.24, 2.45) is 10.7 Å². The Hall–Kier alpha value is -2.12. The van der Waals surface area contributed by atoms with Crippen molar-refractivity contribution < 1.29 is 22.4 Å². The smallest absolute Gasteiger partial charge is 0.256 e. The summed E-state index contributed by atoms with van der Waals surface area (Å²) in [7, 11) is 0. The molecule has 0 saturated carbocycles. The van der Waals surface area contributed by atoms with Gasteiger partial charge < -0.3 is 11.1 Å². The summed E-state index contributed by atoms with van der Waals surface area (Å²) < 4.78 is 53.0. The van der Waals surface area contributed by atoms with E-state index in [0.29, 0.717) is 0 Å². The molecule has 1 aliphatic rings. The van der Waals surface area contributed by atoms with Crippen LogP contribution in [0.4, 0.5) is 17.6 Å². The SMILES string of the molecule is CC(N)=NC1NC(=O)c2c(F)c(F)c(F)c(F)c21. The molecule has 1 aliphatic heterocycles. The van der Waals surface area contributed by atoms with Gasteiger partial charge in [0.25, 0.3) is 5.91 Å². The number of rotatable bonds is 1. The fraction of sp³-hybridized carbons (Fsp3) is 0.200. The summed E-state index contributed by atoms with van der Waals surface area (Å²) in [6.07, 6.45) is -1.36. The maximum atomic E-state index is 13.5. The van der Waals surface area contributed by atoms with Gasteiger partial charge in [-0.05, 0) is 6.92 Å². The van der Waals surface area contributed by atoms with Crippen LogP contribution in [0.25, 0.3) is 0 Å². The lowest BCUT2D eigenvalue weighted by molar-refractivity contribution is 0.0953. The predicted octanol–water partition coefficient (Wildman–Crippen LogP) is 1.36. The Balaban J connectivity index is 2.75. The van der Waals surface area contributed by atoms with E-state index >= 15 is 0 Å². The van der Waals surface area contributed by atoms with E-state index in [1.165, 1.54) is 6.92 Å². The Morgan fingerprint density at radius 1 is 1.17 bits per heavy atom. The van der Waals surface area contributed by atoms with Crippen LogP contribution in [0.3, 0.4) is 0 Å². The molecule has 18 heavy (non-hydrogen) atoms. The number of hydrogen-bond donors (Lipinski definition) is 2. The highest BCUT2D eigenvalue weighted by Crippen LogP contribution is 2.33. The van der Waals surface area contributed by atoms with Crippen LogP contribution in [-0.2, 0) is 0 Å². The first kappa shape index (κ1) is 12.3. The summed E-state index contributed by atoms with van der Waals surface area (Å²) in [6.45, 7) is 1.35. The van der Waals surface area contributed by atoms with E-state index in [2.05, 4.69) is 10.3 Å². The second-order valence-corrected chi connectivity index (χ2v) is 3.69. The molecule has 3 N–H and O–H groups in total. The number of amidine groups is 1. The zero-order chi connectivity index (χ0) is 13.6. The van der Waals surface area contributed by atoms with Gasteiger partial charge in [-0.3, -0.25) is 4.79 Å². The molecule has 0 saturated heterocycles. The molecule has 0 aliphatic carbocycles. The van der Waals surface area contributed by atoms with Crippen LogP contribution in [0.15, 0.2) is 4.99 Å². The van der Waals surface area contributed by atoms with E-state index in [0.717, 1.165) is 0 Å². The number of fused-ring (bicyclic) bond motifs is 1. The lowest BCUT2D eigenvalue weighted by Gasteiger charge is -2.08. The molecule has 2 rings (SSSR count). The Labute approximate surface area is 98.5 Å². The molecule has 0 spiro atoms. The summed E-state index contributed by atoms with van der Waals surface area (Å²) in [6, 6.07) is 0. The molecule has 1 amide bonds. The second kappa shape index (κ2) is 3.97. The summed E-state index contributed by atoms with van der Waals surface area (Å²) in [5, 5.41) is 2.07. The maximum Gasteiger partial charge on any atom is 0.256 e. The van der Waals surface area contributed by atoms with Crippen molar-refractivity contribution in [1.29, 1.82) is 0 Å². The van der Waals surface area contributed by atoms with E-state index in [1.807, 2.05) is 0 Å². The number of nitrogens with one attached hydrogen (secondary N) is 1. The van der Waals surface area contributed by atoms with Crippen LogP contribution in [-0.4, -0.2) is 11.7 Å². The number of nitrogens with two attached hydrogens (primary N) is 1. The van der Waals surface area contributed by atoms with Gasteiger partial charge >= 0.3 is 0 Å². The molecule has 1 heterocycles. The molecule has 1 atom stereocenters. The van der Waals surface area contributed by atoms with E-state index in [9.17, 15) is 22.4 Å². The van der Waals surface area contributed by atoms with Crippen LogP contribution in [0.2, 0.25) is 0 Å². The van der Waals surface area contributed by atoms with Crippen LogP contribution >= 0.6 is 0 Å². The molecule has 0 aromatic heterocycles. The number of benzene rings is 1. The number of hydrogen-bond acceptors (Lipinski definition) is 2. The monoisotopic (exact) mass is 261 g/mol. The average molecular weight is 261 g/mol. The van der Waals surface area contributed by atoms with E-state index in [-0.39, 0.29) is 5.84 Å². The van der Waals surface area contributed by atoms with E-state index in [1.54, 1.807) is 0 Å². The van der Waals surface area contributed by atoms with Crippen molar-refractivity contribution in [3.63, 3.8) is 0 Å². The first-order valence-electron chi connectivity index (χ1n) is 4.81. The number of aliphatic imine (C=N–C) groups is 1. The van der Waals surface area contributed by atoms with Gasteiger partial charge in [-0.2, -0.15) is 0 Å². The zero-order valence-electron chi connectivity index (χ0n) is 9.02. The first-order valence-corrected chi connectivity index (χ1v) is 4.81. The minimum absolute atomic E-state index is 0.0299. The third kappa shape index (κ3) is 1.60. The molecule has 8 heteroatoms. The number of halogens is 4. The molecular formula is C10H7F4N3O. The van der Waals surface area contributed by atoms with E-state index < -0.39 is 46.5 Å². The van der Waals surface area contributed by atoms with Gasteiger partial charge in [-0.1, -0.05) is 0 Å². The van der Waals surface area contributed by atoms with Gasteiger partial charge in [0.15, 0.2) is 29.4 Å². The largest absolute Gasteiger partial charge is 0.388 e. The van der Waals surface area contributed by atoms with Crippen LogP contribution in [0.1, 0.15) is 29.0 Å². The quantitative estimate of drug-likeness (QED) is 0.263. The second-order valence-electron chi connectivity index (χ2n) is 3.69. The molecule has 96 valence electrons. The highest BCUT2D eigenvalue weighted by molar-refractivity contribution is 5.99. The number of nitrogens with zero attached hydrogens (tertiary/aromatic N) is 1. The standard InChI is InChI=1S/C10H7F4N3O/c1-2(15)16-9-3-4(10(18)17-9)6(12)8(14)7(13)5(3)11/h9H,1H3,(H2,15,16)(H,17,18). The minimum Gasteiger partial charge on any atom is -0.388 e. The van der Waals surface area contributed by atoms with Crippen molar-refractivity contribution in [3.05, 3.63) is 34.4 Å². The van der Waals surface area contributed by atoms with Crippen LogP contribution in [0.5, 0.6) is 0 Å². The summed E-state index contributed by atoms with van der Waals surface area (Å²) in [5.41, 5.74) is 3.68. The third-order valence-corrected chi connectivity index (χ3v) is 2.40. The van der Waals surface area contributed by atoms with Gasteiger partial charge in [-0.15, -0.1) is 0 Å². The fourth-order valence-corrected chi connectivity index (χ4v) is 1.70. The fourth-order valence-electron chi connectivity index (χ4n) is 1.70. The summed E-state index contributed by atoms with van der Waals surface area (Å²) in [5.74, 6) is -8.52. The van der Waals surface area contributed by atoms with Crippen LogP contribution < -0.4 is 11.1 Å². The Bertz CT molecular complexity index is 581. The Kier molecular flexibility index (Phi) is 2.72. The normalized spacial score (nSPS) is 18.8. The first-order chi connectivity index (χ1) is 8.34. The number of amides is 1. The summed E-state index contributed by atoms with van der Waals surface area (Å²) in [4.78, 5) is 15.0. The highest BCUT2D eigenvalue weighted by Gasteiger charge is 2.38.